The van der Waals surface area contributed by atoms with Gasteiger partial charge in [0.2, 0.25) is 0 Å². The molecular weight excluding hydrogens is 308 g/mol. The third-order valence-electron chi connectivity index (χ3n) is 3.86. The number of ether oxygens (including phenoxy) is 2. The topological polar surface area (TPSA) is 38.7 Å². The van der Waals surface area contributed by atoms with Gasteiger partial charge in [-0.3, -0.25) is 0 Å². The predicted octanol–water partition coefficient (Wildman–Crippen LogP) is 2.42. The smallest absolute Gasteiger partial charge is 0.0877 e. The summed E-state index contributed by atoms with van der Waals surface area (Å²) in [6.07, 6.45) is 11.6. The van der Waals surface area contributed by atoms with E-state index >= 15 is 0 Å². The molecule has 0 aliphatic carbocycles. The van der Waals surface area contributed by atoms with Crippen LogP contribution in [0.15, 0.2) is 12.2 Å². The number of allylic oxidation sites excluding steroid dienone is 1. The van der Waals surface area contributed by atoms with E-state index in [1.807, 2.05) is 6.08 Å². The Kier molecular flexibility index (Phi) is 5.47. The van der Waals surface area contributed by atoms with Crippen LogP contribution in [0, 0.1) is 12.3 Å². The van der Waals surface area contributed by atoms with Gasteiger partial charge in [-0.25, -0.2) is 0 Å². The molecule has 106 valence electrons. The molecule has 0 radical (unpaired) electrons. The number of aliphatic hydroxyl groups excluding tert-OH is 1. The highest BCUT2D eigenvalue weighted by Gasteiger charge is 2.43. The first kappa shape index (κ1) is 15.1. The average Bonchev–Trinajstić information content (AvgIpc) is 2.79. The fourth-order valence-electron chi connectivity index (χ4n) is 2.81. The normalized spacial score (nSPS) is 42.8. The summed E-state index contributed by atoms with van der Waals surface area (Å²) >= 11 is 3.63. The van der Waals surface area contributed by atoms with Crippen molar-refractivity contribution < 1.29 is 14.6 Å². The van der Waals surface area contributed by atoms with Gasteiger partial charge in [-0.2, -0.15) is 0 Å². The molecule has 2 bridgehead atoms. The first-order valence-electron chi connectivity index (χ1n) is 6.89. The molecule has 2 fully saturated rings. The monoisotopic (exact) mass is 328 g/mol. The third-order valence-corrected chi connectivity index (χ3v) is 4.83. The Morgan fingerprint density at radius 1 is 1.32 bits per heavy atom. The summed E-state index contributed by atoms with van der Waals surface area (Å²) in [6, 6.07) is 0. The third kappa shape index (κ3) is 3.61. The average molecular weight is 329 g/mol. The summed E-state index contributed by atoms with van der Waals surface area (Å²) in [5.74, 6) is 2.48. The minimum Gasteiger partial charge on any atom is -0.390 e. The Labute approximate surface area is 123 Å². The van der Waals surface area contributed by atoms with Crippen LogP contribution in [-0.4, -0.2) is 40.5 Å². The van der Waals surface area contributed by atoms with Crippen molar-refractivity contribution >= 4 is 15.9 Å². The van der Waals surface area contributed by atoms with Crippen LogP contribution < -0.4 is 0 Å². The molecule has 0 amide bonds. The maximum atomic E-state index is 10.2. The molecule has 6 atom stereocenters. The molecular formula is C15H21BrO3. The molecule has 0 aromatic carbocycles. The Hall–Kier alpha value is -0.340. The first-order chi connectivity index (χ1) is 9.15. The molecule has 19 heavy (non-hydrogen) atoms. The summed E-state index contributed by atoms with van der Waals surface area (Å²) in [5, 5.41) is 10.2. The largest absolute Gasteiger partial charge is 0.390 e. The summed E-state index contributed by atoms with van der Waals surface area (Å²) < 4.78 is 12.1. The highest BCUT2D eigenvalue weighted by molar-refractivity contribution is 9.09. The van der Waals surface area contributed by atoms with Crippen molar-refractivity contribution in [1.29, 1.82) is 0 Å². The Morgan fingerprint density at radius 2 is 2.05 bits per heavy atom. The fraction of sp³-hybridized carbons (Fsp3) is 0.733. The lowest BCUT2D eigenvalue weighted by molar-refractivity contribution is -0.0532. The Morgan fingerprint density at radius 3 is 2.74 bits per heavy atom. The van der Waals surface area contributed by atoms with Gasteiger partial charge in [-0.05, 0) is 25.3 Å². The number of terminal acetylenes is 1. The van der Waals surface area contributed by atoms with E-state index in [4.69, 9.17) is 15.9 Å². The van der Waals surface area contributed by atoms with Gasteiger partial charge in [-0.1, -0.05) is 34.9 Å². The quantitative estimate of drug-likeness (QED) is 0.638. The van der Waals surface area contributed by atoms with Gasteiger partial charge in [0.25, 0.3) is 0 Å². The lowest BCUT2D eigenvalue weighted by atomic mass is 9.97. The Bertz CT molecular complexity index is 363. The second-order valence-electron chi connectivity index (χ2n) is 5.19. The second-order valence-corrected chi connectivity index (χ2v) is 6.37. The number of alkyl halides is 1. The van der Waals surface area contributed by atoms with Gasteiger partial charge in [0.05, 0.1) is 30.5 Å². The highest BCUT2D eigenvalue weighted by atomic mass is 79.9. The SMILES string of the molecule is C#C/C=C/C[C@H]1O[C@@H]2C[C@H]1OC(CC)[C@@H](Br)C[C@H]2O. The van der Waals surface area contributed by atoms with Gasteiger partial charge in [-0.15, -0.1) is 6.42 Å². The zero-order valence-corrected chi connectivity index (χ0v) is 12.8. The molecule has 0 aromatic heterocycles. The van der Waals surface area contributed by atoms with E-state index in [2.05, 4.69) is 28.8 Å². The fourth-order valence-corrected chi connectivity index (χ4v) is 3.69. The zero-order valence-electron chi connectivity index (χ0n) is 11.2. The van der Waals surface area contributed by atoms with E-state index in [-0.39, 0.29) is 29.2 Å². The summed E-state index contributed by atoms with van der Waals surface area (Å²) in [4.78, 5) is 0.182. The molecule has 0 saturated carbocycles. The van der Waals surface area contributed by atoms with Gasteiger partial charge in [0.15, 0.2) is 0 Å². The van der Waals surface area contributed by atoms with Gasteiger partial charge >= 0.3 is 0 Å². The van der Waals surface area contributed by atoms with Crippen LogP contribution in [0.3, 0.4) is 0 Å². The van der Waals surface area contributed by atoms with Gasteiger partial charge in [0.1, 0.15) is 0 Å². The summed E-state index contributed by atoms with van der Waals surface area (Å²) in [7, 11) is 0. The van der Waals surface area contributed by atoms with E-state index in [1.54, 1.807) is 6.08 Å². The number of rotatable bonds is 3. The molecule has 0 spiro atoms. The van der Waals surface area contributed by atoms with Crippen LogP contribution in [0.5, 0.6) is 0 Å². The number of halogens is 1. The van der Waals surface area contributed by atoms with Crippen molar-refractivity contribution in [1.82, 2.24) is 0 Å². The molecule has 2 aliphatic heterocycles. The number of hydrogen-bond acceptors (Lipinski definition) is 3. The van der Waals surface area contributed by atoms with Crippen molar-refractivity contribution in [3.63, 3.8) is 0 Å². The van der Waals surface area contributed by atoms with Crippen molar-refractivity contribution in [3.8, 4) is 12.3 Å². The van der Waals surface area contributed by atoms with E-state index in [1.165, 1.54) is 0 Å². The van der Waals surface area contributed by atoms with Crippen molar-refractivity contribution in [2.24, 2.45) is 0 Å². The van der Waals surface area contributed by atoms with Crippen LogP contribution in [0.4, 0.5) is 0 Å². The number of aliphatic hydroxyl groups is 1. The molecule has 0 aromatic rings. The van der Waals surface area contributed by atoms with Crippen molar-refractivity contribution in [2.75, 3.05) is 0 Å². The van der Waals surface area contributed by atoms with E-state index in [9.17, 15) is 5.11 Å². The molecule has 1 unspecified atom stereocenters. The molecule has 2 rings (SSSR count). The zero-order chi connectivity index (χ0) is 13.8. The number of fused-ring (bicyclic) bond motifs is 2. The van der Waals surface area contributed by atoms with Crippen LogP contribution in [-0.2, 0) is 9.47 Å². The van der Waals surface area contributed by atoms with Crippen molar-refractivity contribution in [3.05, 3.63) is 12.2 Å². The molecule has 3 nitrogen and oxygen atoms in total. The van der Waals surface area contributed by atoms with Crippen LogP contribution in [0.2, 0.25) is 0 Å². The first-order valence-corrected chi connectivity index (χ1v) is 7.81. The lowest BCUT2D eigenvalue weighted by Gasteiger charge is -2.30. The van der Waals surface area contributed by atoms with E-state index in [0.29, 0.717) is 6.42 Å². The van der Waals surface area contributed by atoms with Gasteiger partial charge in [0, 0.05) is 11.2 Å². The minimum absolute atomic E-state index is 0.00361. The molecule has 2 saturated heterocycles. The van der Waals surface area contributed by atoms with Crippen LogP contribution in [0.1, 0.15) is 32.6 Å². The van der Waals surface area contributed by atoms with E-state index < -0.39 is 6.10 Å². The minimum atomic E-state index is -0.425. The second kappa shape index (κ2) is 6.90. The highest BCUT2D eigenvalue weighted by Crippen LogP contribution is 2.35. The summed E-state index contributed by atoms with van der Waals surface area (Å²) in [6.45, 7) is 2.10. The molecule has 2 aliphatic rings. The Balaban J connectivity index is 2.07. The maximum absolute atomic E-state index is 10.2. The predicted molar refractivity (Wildman–Crippen MR) is 78.2 cm³/mol. The standard InChI is InChI=1S/C15H21BrO3/c1-3-5-6-7-13-15-9-14(19-13)11(17)8-10(16)12(4-2)18-15/h1,5-6,10-15,17H,4,7-9H2,2H3/b6-5+/t10-,11+,12?,13+,14+,15+/m0/s1. The molecule has 1 N–H and O–H groups in total. The van der Waals surface area contributed by atoms with Crippen LogP contribution >= 0.6 is 15.9 Å². The van der Waals surface area contributed by atoms with Crippen LogP contribution in [0.25, 0.3) is 0 Å². The lowest BCUT2D eigenvalue weighted by Crippen LogP contribution is -2.38. The molecule has 4 heteroatoms. The van der Waals surface area contributed by atoms with Gasteiger partial charge < -0.3 is 14.6 Å². The number of hydrogen-bond donors (Lipinski definition) is 1. The maximum Gasteiger partial charge on any atom is 0.0877 e. The molecule has 2 heterocycles. The summed E-state index contributed by atoms with van der Waals surface area (Å²) in [5.41, 5.74) is 0. The van der Waals surface area contributed by atoms with Crippen molar-refractivity contribution in [2.45, 2.75) is 68.0 Å². The van der Waals surface area contributed by atoms with E-state index in [0.717, 1.165) is 19.3 Å².